The minimum atomic E-state index is 0.718. The average molecular weight is 892 g/mol. The molecule has 1 aromatic carbocycles. The second-order valence-electron chi connectivity index (χ2n) is 19.8. The molecule has 0 radical (unpaired) electrons. The molecule has 2 rings (SSSR count). The minimum absolute atomic E-state index is 0.718. The van der Waals surface area contributed by atoms with E-state index in [1.165, 1.54) is 256 Å². The Hall–Kier alpha value is -2.23. The monoisotopic (exact) mass is 891 g/mol. The van der Waals surface area contributed by atoms with Gasteiger partial charge in [0.2, 0.25) is 5.75 Å². The van der Waals surface area contributed by atoms with Crippen molar-refractivity contribution in [2.45, 2.75) is 297 Å². The van der Waals surface area contributed by atoms with E-state index in [2.05, 4.69) is 68.1 Å². The van der Waals surface area contributed by atoms with E-state index < -0.39 is 0 Å². The summed E-state index contributed by atoms with van der Waals surface area (Å²) in [5.74, 6) is 2.56. The van der Waals surface area contributed by atoms with E-state index in [1.54, 1.807) is 0 Å². The maximum absolute atomic E-state index is 6.67. The van der Waals surface area contributed by atoms with Gasteiger partial charge in [-0.15, -0.1) is 0 Å². The van der Waals surface area contributed by atoms with Crippen molar-refractivity contribution < 1.29 is 18.8 Å². The number of nitrogens with zero attached hydrogens (tertiary/aromatic N) is 1. The summed E-state index contributed by atoms with van der Waals surface area (Å²) in [6.07, 6.45) is 61.6. The van der Waals surface area contributed by atoms with E-state index in [4.69, 9.17) is 14.2 Å². The standard InChI is InChI=1S/C60H108NO3/c1-4-7-10-13-16-19-22-25-28-31-34-37-40-46-51-62-58-54-57(56-61-49-44-43-45-50-61)55-59(63-52-47-41-38-35-32-29-26-23-20-17-14-11-8-5-2)60(58)64-53-48-42-39-36-33-30-27-24-21-18-15-12-9-6-3/h43-45,49-50,54-55H,4-42,46-48,51-53,56H2,1-3H3/q+1. The second-order valence-corrected chi connectivity index (χ2v) is 19.8. The van der Waals surface area contributed by atoms with Crippen molar-refractivity contribution in [1.29, 1.82) is 0 Å². The van der Waals surface area contributed by atoms with Crippen molar-refractivity contribution in [2.24, 2.45) is 0 Å². The summed E-state index contributed by atoms with van der Waals surface area (Å²) in [4.78, 5) is 0. The lowest BCUT2D eigenvalue weighted by atomic mass is 10.0. The van der Waals surface area contributed by atoms with Crippen LogP contribution in [0.15, 0.2) is 42.7 Å². The molecule has 0 saturated heterocycles. The van der Waals surface area contributed by atoms with Crippen LogP contribution in [-0.2, 0) is 6.54 Å². The van der Waals surface area contributed by atoms with Crippen LogP contribution in [0.4, 0.5) is 0 Å². The third-order valence-electron chi connectivity index (χ3n) is 13.5. The molecule has 0 spiro atoms. The van der Waals surface area contributed by atoms with Crippen LogP contribution in [0.5, 0.6) is 17.2 Å². The normalized spacial score (nSPS) is 11.4. The van der Waals surface area contributed by atoms with Crippen LogP contribution in [0, 0.1) is 0 Å². The van der Waals surface area contributed by atoms with Crippen LogP contribution < -0.4 is 18.8 Å². The molecule has 64 heavy (non-hydrogen) atoms. The van der Waals surface area contributed by atoms with Crippen molar-refractivity contribution in [3.8, 4) is 17.2 Å². The molecular weight excluding hydrogens is 783 g/mol. The molecule has 0 bridgehead atoms. The Balaban J connectivity index is 1.86. The van der Waals surface area contributed by atoms with Crippen LogP contribution in [0.25, 0.3) is 0 Å². The van der Waals surface area contributed by atoms with Gasteiger partial charge in [0.15, 0.2) is 30.4 Å². The lowest BCUT2D eigenvalue weighted by Gasteiger charge is -2.18. The highest BCUT2D eigenvalue weighted by Gasteiger charge is 2.18. The summed E-state index contributed by atoms with van der Waals surface area (Å²) in [5.41, 5.74) is 1.20. The number of ether oxygens (including phenoxy) is 3. The molecule has 0 amide bonds. The average Bonchev–Trinajstić information content (AvgIpc) is 3.31. The van der Waals surface area contributed by atoms with Gasteiger partial charge in [-0.25, -0.2) is 4.57 Å². The maximum atomic E-state index is 6.67. The molecule has 2 aromatic rings. The van der Waals surface area contributed by atoms with Gasteiger partial charge >= 0.3 is 0 Å². The summed E-state index contributed by atoms with van der Waals surface area (Å²) < 4.78 is 22.2. The molecular formula is C60H108NO3+. The fourth-order valence-corrected chi connectivity index (χ4v) is 9.26. The van der Waals surface area contributed by atoms with Gasteiger partial charge in [0.25, 0.3) is 0 Å². The van der Waals surface area contributed by atoms with E-state index in [0.29, 0.717) is 0 Å². The summed E-state index contributed by atoms with van der Waals surface area (Å²) in [5, 5.41) is 0. The molecule has 1 heterocycles. The molecule has 370 valence electrons. The SMILES string of the molecule is CCCCCCCCCCCCCCCCOc1cc(C[n+]2ccccc2)cc(OCCCCCCCCCCCCCCCC)c1OCCCCCCCCCCCCCCCC. The number of rotatable bonds is 50. The van der Waals surface area contributed by atoms with Gasteiger partial charge in [-0.1, -0.05) is 277 Å². The predicted octanol–water partition coefficient (Wildman–Crippen LogP) is 19.6. The molecule has 0 N–H and O–H groups in total. The molecule has 0 unspecified atom stereocenters. The highest BCUT2D eigenvalue weighted by Crippen LogP contribution is 2.40. The highest BCUT2D eigenvalue weighted by atomic mass is 16.5. The number of hydrogen-bond donors (Lipinski definition) is 0. The van der Waals surface area contributed by atoms with E-state index in [9.17, 15) is 0 Å². The zero-order valence-corrected chi connectivity index (χ0v) is 43.2. The van der Waals surface area contributed by atoms with E-state index in [0.717, 1.165) is 62.9 Å². The highest BCUT2D eigenvalue weighted by molar-refractivity contribution is 5.54. The number of unbranched alkanes of at least 4 members (excludes halogenated alkanes) is 39. The third kappa shape index (κ3) is 35.0. The molecule has 4 heteroatoms. The molecule has 0 atom stereocenters. The van der Waals surface area contributed by atoms with Crippen molar-refractivity contribution in [2.75, 3.05) is 19.8 Å². The topological polar surface area (TPSA) is 31.6 Å². The second kappa shape index (κ2) is 45.9. The number of pyridine rings is 1. The summed E-state index contributed by atoms with van der Waals surface area (Å²) in [6.45, 7) is 9.87. The fraction of sp³-hybridized carbons (Fsp3) is 0.817. The van der Waals surface area contributed by atoms with Crippen molar-refractivity contribution in [3.05, 3.63) is 48.3 Å². The predicted molar refractivity (Wildman–Crippen MR) is 280 cm³/mol. The Morgan fingerprint density at radius 2 is 0.547 bits per heavy atom. The van der Waals surface area contributed by atoms with Crippen molar-refractivity contribution in [3.63, 3.8) is 0 Å². The van der Waals surface area contributed by atoms with Gasteiger partial charge in [-0.2, -0.15) is 0 Å². The Bertz CT molecular complexity index is 1180. The quantitative estimate of drug-likeness (QED) is 0.0490. The molecule has 0 aliphatic rings. The van der Waals surface area contributed by atoms with Crippen LogP contribution in [0.2, 0.25) is 0 Å². The van der Waals surface area contributed by atoms with Crippen LogP contribution in [0.3, 0.4) is 0 Å². The first-order chi connectivity index (χ1) is 31.8. The summed E-state index contributed by atoms with van der Waals surface area (Å²) in [7, 11) is 0. The lowest BCUT2D eigenvalue weighted by Crippen LogP contribution is -2.32. The Kier molecular flexibility index (Phi) is 41.5. The zero-order chi connectivity index (χ0) is 45.5. The third-order valence-corrected chi connectivity index (χ3v) is 13.5. The largest absolute Gasteiger partial charge is 0.490 e. The van der Waals surface area contributed by atoms with Gasteiger partial charge in [0.05, 0.1) is 19.8 Å². The molecule has 4 nitrogen and oxygen atoms in total. The first-order valence-electron chi connectivity index (χ1n) is 28.8. The first-order valence-corrected chi connectivity index (χ1v) is 28.8. The maximum Gasteiger partial charge on any atom is 0.203 e. The molecule has 0 aliphatic heterocycles. The zero-order valence-electron chi connectivity index (χ0n) is 43.2. The van der Waals surface area contributed by atoms with E-state index in [-0.39, 0.29) is 0 Å². The summed E-state index contributed by atoms with van der Waals surface area (Å²) >= 11 is 0. The van der Waals surface area contributed by atoms with Crippen LogP contribution in [0.1, 0.15) is 296 Å². The fourth-order valence-electron chi connectivity index (χ4n) is 9.26. The number of hydrogen-bond acceptors (Lipinski definition) is 3. The smallest absolute Gasteiger partial charge is 0.203 e. The van der Waals surface area contributed by atoms with Gasteiger partial charge < -0.3 is 14.2 Å². The first kappa shape index (κ1) is 57.9. The molecule has 1 aromatic heterocycles. The summed E-state index contributed by atoms with van der Waals surface area (Å²) in [6, 6.07) is 10.7. The Morgan fingerprint density at radius 3 is 0.828 bits per heavy atom. The van der Waals surface area contributed by atoms with Crippen molar-refractivity contribution in [1.82, 2.24) is 0 Å². The van der Waals surface area contributed by atoms with Gasteiger partial charge in [0.1, 0.15) is 0 Å². The van der Waals surface area contributed by atoms with Gasteiger partial charge in [-0.05, 0) is 31.4 Å². The van der Waals surface area contributed by atoms with Gasteiger partial charge in [0, 0.05) is 17.7 Å². The molecule has 0 aliphatic carbocycles. The molecule has 0 saturated carbocycles. The van der Waals surface area contributed by atoms with Gasteiger partial charge in [-0.3, -0.25) is 0 Å². The minimum Gasteiger partial charge on any atom is -0.490 e. The van der Waals surface area contributed by atoms with E-state index in [1.807, 2.05) is 0 Å². The number of benzene rings is 1. The van der Waals surface area contributed by atoms with Crippen LogP contribution in [-0.4, -0.2) is 19.8 Å². The number of aromatic nitrogens is 1. The lowest BCUT2D eigenvalue weighted by molar-refractivity contribution is -0.688. The molecule has 0 fully saturated rings. The van der Waals surface area contributed by atoms with E-state index >= 15 is 0 Å². The van der Waals surface area contributed by atoms with Crippen LogP contribution >= 0.6 is 0 Å². The Morgan fingerprint density at radius 1 is 0.297 bits per heavy atom. The Labute approximate surface area is 399 Å². The van der Waals surface area contributed by atoms with Crippen molar-refractivity contribution >= 4 is 0 Å².